The minimum absolute atomic E-state index is 0.0882. The van der Waals surface area contributed by atoms with Gasteiger partial charge in [-0.25, -0.2) is 9.59 Å². The fraction of sp³-hybridized carbons (Fsp3) is 0.556. The average Bonchev–Trinajstić information content (AvgIpc) is 2.15. The molecule has 0 saturated carbocycles. The van der Waals surface area contributed by atoms with Crippen LogP contribution in [0.1, 0.15) is 20.8 Å². The summed E-state index contributed by atoms with van der Waals surface area (Å²) in [5, 5.41) is 2.28. The van der Waals surface area contributed by atoms with Gasteiger partial charge in [0.2, 0.25) is 0 Å². The lowest BCUT2D eigenvalue weighted by Crippen LogP contribution is -2.29. The van der Waals surface area contributed by atoms with Gasteiger partial charge in [-0.2, -0.15) is 0 Å². The van der Waals surface area contributed by atoms with Crippen molar-refractivity contribution in [3.05, 3.63) is 11.8 Å². The molecule has 80 valence electrons. The van der Waals surface area contributed by atoms with E-state index in [4.69, 9.17) is 4.74 Å². The van der Waals surface area contributed by atoms with Gasteiger partial charge in [0.1, 0.15) is 5.70 Å². The average molecular weight is 201 g/mol. The molecule has 14 heavy (non-hydrogen) atoms. The van der Waals surface area contributed by atoms with Crippen molar-refractivity contribution in [2.45, 2.75) is 20.8 Å². The number of hydrogen-bond donors (Lipinski definition) is 1. The zero-order valence-corrected chi connectivity index (χ0v) is 8.62. The van der Waals surface area contributed by atoms with E-state index in [1.54, 1.807) is 20.8 Å². The van der Waals surface area contributed by atoms with Gasteiger partial charge in [0.05, 0.1) is 13.2 Å². The molecule has 0 bridgehead atoms. The maximum atomic E-state index is 11.2. The Morgan fingerprint density at radius 3 is 2.21 bits per heavy atom. The lowest BCUT2D eigenvalue weighted by molar-refractivity contribution is -0.138. The van der Waals surface area contributed by atoms with Gasteiger partial charge in [-0.3, -0.25) is 5.32 Å². The van der Waals surface area contributed by atoms with E-state index in [9.17, 15) is 9.59 Å². The molecule has 0 aromatic rings. The van der Waals surface area contributed by atoms with E-state index in [-0.39, 0.29) is 18.9 Å². The van der Waals surface area contributed by atoms with Crippen molar-refractivity contribution < 1.29 is 19.1 Å². The highest BCUT2D eigenvalue weighted by atomic mass is 16.6. The van der Waals surface area contributed by atoms with E-state index in [0.717, 1.165) is 0 Å². The number of esters is 1. The molecule has 1 N–H and O–H groups in total. The first kappa shape index (κ1) is 12.5. The van der Waals surface area contributed by atoms with Crippen LogP contribution in [0.25, 0.3) is 0 Å². The fourth-order valence-electron chi connectivity index (χ4n) is 0.727. The summed E-state index contributed by atoms with van der Waals surface area (Å²) < 4.78 is 9.30. The van der Waals surface area contributed by atoms with Crippen LogP contribution in [0.3, 0.4) is 0 Å². The van der Waals surface area contributed by atoms with Gasteiger partial charge in [-0.05, 0) is 20.8 Å². The Hall–Kier alpha value is -1.52. The highest BCUT2D eigenvalue weighted by Crippen LogP contribution is 1.94. The zero-order chi connectivity index (χ0) is 11.0. The van der Waals surface area contributed by atoms with E-state index in [1.807, 2.05) is 0 Å². The molecule has 0 aliphatic rings. The van der Waals surface area contributed by atoms with Crippen molar-refractivity contribution in [3.63, 3.8) is 0 Å². The second kappa shape index (κ2) is 6.94. The summed E-state index contributed by atoms with van der Waals surface area (Å²) in [5.41, 5.74) is 0.0882. The molecule has 0 atom stereocenters. The third kappa shape index (κ3) is 4.49. The number of nitrogens with one attached hydrogen (secondary N) is 1. The second-order valence-corrected chi connectivity index (χ2v) is 2.27. The maximum Gasteiger partial charge on any atom is 0.411 e. The molecule has 5 heteroatoms. The first-order valence-corrected chi connectivity index (χ1v) is 4.42. The van der Waals surface area contributed by atoms with Crippen LogP contribution in [0.15, 0.2) is 11.8 Å². The number of amides is 1. The van der Waals surface area contributed by atoms with E-state index in [1.165, 1.54) is 6.08 Å². The smallest absolute Gasteiger partial charge is 0.411 e. The molecule has 0 heterocycles. The highest BCUT2D eigenvalue weighted by Gasteiger charge is 2.12. The largest absolute Gasteiger partial charge is 0.461 e. The quantitative estimate of drug-likeness (QED) is 0.548. The first-order valence-electron chi connectivity index (χ1n) is 4.42. The van der Waals surface area contributed by atoms with Crippen LogP contribution >= 0.6 is 0 Å². The van der Waals surface area contributed by atoms with Gasteiger partial charge < -0.3 is 9.47 Å². The minimum atomic E-state index is -0.659. The topological polar surface area (TPSA) is 64.6 Å². The van der Waals surface area contributed by atoms with Crippen LogP contribution in [0.2, 0.25) is 0 Å². The molecule has 0 aromatic carbocycles. The van der Waals surface area contributed by atoms with Crippen LogP contribution in [0.5, 0.6) is 0 Å². The van der Waals surface area contributed by atoms with Gasteiger partial charge in [0.15, 0.2) is 0 Å². The molecule has 0 radical (unpaired) electrons. The van der Waals surface area contributed by atoms with E-state index < -0.39 is 12.1 Å². The van der Waals surface area contributed by atoms with Crippen LogP contribution < -0.4 is 5.32 Å². The molecule has 0 unspecified atom stereocenters. The third-order valence-electron chi connectivity index (χ3n) is 1.30. The molecular weight excluding hydrogens is 186 g/mol. The summed E-state index contributed by atoms with van der Waals surface area (Å²) in [4.78, 5) is 22.1. The Bertz CT molecular complexity index is 235. The summed E-state index contributed by atoms with van der Waals surface area (Å²) in [6, 6.07) is 0. The van der Waals surface area contributed by atoms with Crippen LogP contribution in [-0.2, 0) is 14.3 Å². The summed E-state index contributed by atoms with van der Waals surface area (Å²) >= 11 is 0. The van der Waals surface area contributed by atoms with Crippen molar-refractivity contribution in [3.8, 4) is 0 Å². The molecule has 5 nitrogen and oxygen atoms in total. The Morgan fingerprint density at radius 1 is 1.21 bits per heavy atom. The minimum Gasteiger partial charge on any atom is -0.461 e. The predicted molar refractivity (Wildman–Crippen MR) is 50.5 cm³/mol. The highest BCUT2D eigenvalue weighted by molar-refractivity contribution is 5.92. The number of alkyl carbamates (subject to hydrolysis) is 1. The van der Waals surface area contributed by atoms with Crippen molar-refractivity contribution >= 4 is 12.1 Å². The van der Waals surface area contributed by atoms with Gasteiger partial charge in [-0.15, -0.1) is 0 Å². The summed E-state index contributed by atoms with van der Waals surface area (Å²) in [7, 11) is 0. The molecule has 1 amide bonds. The van der Waals surface area contributed by atoms with Crippen LogP contribution in [0.4, 0.5) is 4.79 Å². The Morgan fingerprint density at radius 2 is 1.79 bits per heavy atom. The first-order chi connectivity index (χ1) is 6.65. The number of rotatable bonds is 4. The number of allylic oxidation sites excluding steroid dienone is 1. The molecule has 0 rings (SSSR count). The van der Waals surface area contributed by atoms with Gasteiger partial charge >= 0.3 is 12.1 Å². The van der Waals surface area contributed by atoms with Crippen molar-refractivity contribution in [1.29, 1.82) is 0 Å². The molecule has 0 aliphatic heterocycles. The lowest BCUT2D eigenvalue weighted by Gasteiger charge is -2.07. The van der Waals surface area contributed by atoms with E-state index in [2.05, 4.69) is 10.1 Å². The number of ether oxygens (including phenoxy) is 2. The Balaban J connectivity index is 4.17. The lowest BCUT2D eigenvalue weighted by atomic mass is 10.4. The maximum absolute atomic E-state index is 11.2. The monoisotopic (exact) mass is 201 g/mol. The van der Waals surface area contributed by atoms with E-state index >= 15 is 0 Å². The Labute approximate surface area is 83.1 Å². The normalized spacial score (nSPS) is 10.6. The SMILES string of the molecule is CC=C(NC(=O)OCC)C(=O)OCC. The van der Waals surface area contributed by atoms with Crippen molar-refractivity contribution in [1.82, 2.24) is 5.32 Å². The molecule has 0 fully saturated rings. The zero-order valence-electron chi connectivity index (χ0n) is 8.62. The molecule has 0 aromatic heterocycles. The van der Waals surface area contributed by atoms with Crippen molar-refractivity contribution in [2.24, 2.45) is 0 Å². The molecule has 0 aliphatic carbocycles. The van der Waals surface area contributed by atoms with Crippen LogP contribution in [0, 0.1) is 0 Å². The van der Waals surface area contributed by atoms with E-state index in [0.29, 0.717) is 0 Å². The second-order valence-electron chi connectivity index (χ2n) is 2.27. The van der Waals surface area contributed by atoms with Crippen LogP contribution in [-0.4, -0.2) is 25.3 Å². The number of carbonyl (C=O) groups is 2. The number of carbonyl (C=O) groups excluding carboxylic acids is 2. The van der Waals surface area contributed by atoms with Gasteiger partial charge in [0, 0.05) is 0 Å². The molecular formula is C9H15NO4. The molecule has 0 saturated heterocycles. The van der Waals surface area contributed by atoms with Gasteiger partial charge in [-0.1, -0.05) is 6.08 Å². The molecule has 0 spiro atoms. The van der Waals surface area contributed by atoms with Crippen molar-refractivity contribution in [2.75, 3.05) is 13.2 Å². The standard InChI is InChI=1S/C9H15NO4/c1-4-7(8(11)13-5-2)10-9(12)14-6-3/h4H,5-6H2,1-3H3,(H,10,12). The summed E-state index contributed by atoms with van der Waals surface area (Å²) in [6.07, 6.45) is 0.795. The number of hydrogen-bond acceptors (Lipinski definition) is 4. The Kier molecular flexibility index (Phi) is 6.19. The summed E-state index contributed by atoms with van der Waals surface area (Å²) in [6.45, 7) is 5.51. The predicted octanol–water partition coefficient (Wildman–Crippen LogP) is 1.20. The van der Waals surface area contributed by atoms with Gasteiger partial charge in [0.25, 0.3) is 0 Å². The third-order valence-corrected chi connectivity index (χ3v) is 1.30. The fourth-order valence-corrected chi connectivity index (χ4v) is 0.727. The summed E-state index contributed by atoms with van der Waals surface area (Å²) in [5.74, 6) is -0.567.